The first-order chi connectivity index (χ1) is 10.1. The van der Waals surface area contributed by atoms with Crippen LogP contribution in [-0.4, -0.2) is 12.0 Å². The maximum absolute atomic E-state index is 10.8. The van der Waals surface area contributed by atoms with Gasteiger partial charge in [-0.15, -0.1) is 0 Å². The van der Waals surface area contributed by atoms with Gasteiger partial charge in [-0.05, 0) is 23.8 Å². The summed E-state index contributed by atoms with van der Waals surface area (Å²) >= 11 is 3.41. The zero-order valence-electron chi connectivity index (χ0n) is 11.5. The number of nitro benzene ring substituents is 1. The fraction of sp³-hybridized carbons (Fsp3) is 0.200. The van der Waals surface area contributed by atoms with E-state index in [9.17, 15) is 10.1 Å². The molecular formula is C15H15BrN2O3. The third kappa shape index (κ3) is 4.27. The van der Waals surface area contributed by atoms with Crippen molar-refractivity contribution in [2.75, 3.05) is 12.4 Å². The number of anilines is 1. The molecule has 0 saturated carbocycles. The molecule has 110 valence electrons. The lowest BCUT2D eigenvalue weighted by molar-refractivity contribution is -0.384. The van der Waals surface area contributed by atoms with E-state index in [4.69, 9.17) is 4.74 Å². The normalized spacial score (nSPS) is 10.4. The number of ether oxygens (including phenoxy) is 1. The number of non-ortho nitro benzene ring substituents is 1. The van der Waals surface area contributed by atoms with Gasteiger partial charge in [0.1, 0.15) is 0 Å². The molecular weight excluding hydrogens is 336 g/mol. The number of rotatable bonds is 6. The Kier molecular flexibility index (Phi) is 5.30. The highest BCUT2D eigenvalue weighted by Crippen LogP contribution is 2.23. The Hall–Kier alpha value is -1.92. The molecule has 1 N–H and O–H groups in total. The van der Waals surface area contributed by atoms with Crippen LogP contribution in [0.3, 0.4) is 0 Å². The minimum atomic E-state index is -0.406. The smallest absolute Gasteiger partial charge is 0.269 e. The van der Waals surface area contributed by atoms with Crippen LogP contribution in [0.4, 0.5) is 11.4 Å². The van der Waals surface area contributed by atoms with Crippen LogP contribution in [0.2, 0.25) is 0 Å². The van der Waals surface area contributed by atoms with Gasteiger partial charge >= 0.3 is 0 Å². The van der Waals surface area contributed by atoms with Gasteiger partial charge in [0.25, 0.3) is 5.69 Å². The predicted octanol–water partition coefficient (Wildman–Crippen LogP) is 4.12. The summed E-state index contributed by atoms with van der Waals surface area (Å²) in [6.07, 6.45) is 0. The van der Waals surface area contributed by atoms with Gasteiger partial charge in [0.15, 0.2) is 0 Å². The van der Waals surface area contributed by atoms with Crippen molar-refractivity contribution in [2.45, 2.75) is 13.2 Å². The van der Waals surface area contributed by atoms with E-state index in [1.165, 1.54) is 12.1 Å². The summed E-state index contributed by atoms with van der Waals surface area (Å²) in [7, 11) is 1.78. The SMILES string of the molecule is CNc1ccc([N+](=O)[O-])cc1COCc1cccc(Br)c1. The minimum absolute atomic E-state index is 0.0649. The Morgan fingerprint density at radius 3 is 2.71 bits per heavy atom. The lowest BCUT2D eigenvalue weighted by Gasteiger charge is -2.10. The second-order valence-electron chi connectivity index (χ2n) is 4.47. The molecule has 6 heteroatoms. The molecule has 0 bridgehead atoms. The second kappa shape index (κ2) is 7.19. The fourth-order valence-corrected chi connectivity index (χ4v) is 2.41. The summed E-state index contributed by atoms with van der Waals surface area (Å²) in [5, 5.41) is 13.8. The Morgan fingerprint density at radius 2 is 2.05 bits per heavy atom. The summed E-state index contributed by atoms with van der Waals surface area (Å²) in [6.45, 7) is 0.760. The van der Waals surface area contributed by atoms with E-state index in [1.54, 1.807) is 13.1 Å². The average molecular weight is 351 g/mol. The lowest BCUT2D eigenvalue weighted by atomic mass is 10.1. The molecule has 21 heavy (non-hydrogen) atoms. The highest BCUT2D eigenvalue weighted by Gasteiger charge is 2.10. The molecule has 0 amide bonds. The molecule has 2 aromatic rings. The first-order valence-electron chi connectivity index (χ1n) is 6.37. The van der Waals surface area contributed by atoms with Crippen molar-refractivity contribution in [1.29, 1.82) is 0 Å². The molecule has 0 unspecified atom stereocenters. The van der Waals surface area contributed by atoms with Crippen LogP contribution < -0.4 is 5.32 Å². The summed E-state index contributed by atoms with van der Waals surface area (Å²) in [4.78, 5) is 10.4. The number of hydrogen-bond donors (Lipinski definition) is 1. The molecule has 0 aromatic heterocycles. The van der Waals surface area contributed by atoms with E-state index < -0.39 is 4.92 Å². The van der Waals surface area contributed by atoms with Gasteiger partial charge in [0, 0.05) is 34.9 Å². The summed E-state index contributed by atoms with van der Waals surface area (Å²) in [6, 6.07) is 12.5. The topological polar surface area (TPSA) is 64.4 Å². The zero-order valence-corrected chi connectivity index (χ0v) is 13.1. The molecule has 5 nitrogen and oxygen atoms in total. The van der Waals surface area contributed by atoms with Crippen molar-refractivity contribution in [2.24, 2.45) is 0 Å². The van der Waals surface area contributed by atoms with E-state index in [-0.39, 0.29) is 5.69 Å². The van der Waals surface area contributed by atoms with Crippen LogP contribution in [0.25, 0.3) is 0 Å². The van der Waals surface area contributed by atoms with E-state index in [0.29, 0.717) is 13.2 Å². The summed E-state index contributed by atoms with van der Waals surface area (Å²) < 4.78 is 6.65. The Morgan fingerprint density at radius 1 is 1.24 bits per heavy atom. The van der Waals surface area contributed by atoms with E-state index in [1.807, 2.05) is 24.3 Å². The number of halogens is 1. The molecule has 0 aliphatic rings. The minimum Gasteiger partial charge on any atom is -0.388 e. The lowest BCUT2D eigenvalue weighted by Crippen LogP contribution is -2.00. The first-order valence-corrected chi connectivity index (χ1v) is 7.16. The van der Waals surface area contributed by atoms with E-state index in [0.717, 1.165) is 21.3 Å². The van der Waals surface area contributed by atoms with Crippen molar-refractivity contribution in [3.8, 4) is 0 Å². The highest BCUT2D eigenvalue weighted by molar-refractivity contribution is 9.10. The number of benzene rings is 2. The van der Waals surface area contributed by atoms with Gasteiger partial charge in [-0.25, -0.2) is 0 Å². The Labute approximate surface area is 131 Å². The Bertz CT molecular complexity index is 647. The molecule has 0 aliphatic carbocycles. The molecule has 0 radical (unpaired) electrons. The number of hydrogen-bond acceptors (Lipinski definition) is 4. The number of nitro groups is 1. The van der Waals surface area contributed by atoms with Crippen molar-refractivity contribution >= 4 is 27.3 Å². The molecule has 0 atom stereocenters. The van der Waals surface area contributed by atoms with Crippen LogP contribution in [0.15, 0.2) is 46.9 Å². The summed E-state index contributed by atoms with van der Waals surface area (Å²) in [5.74, 6) is 0. The van der Waals surface area contributed by atoms with Crippen molar-refractivity contribution in [1.82, 2.24) is 0 Å². The Balaban J connectivity index is 2.05. The molecule has 0 spiro atoms. The van der Waals surface area contributed by atoms with Crippen molar-refractivity contribution in [3.63, 3.8) is 0 Å². The van der Waals surface area contributed by atoms with Crippen molar-refractivity contribution < 1.29 is 9.66 Å². The molecule has 2 rings (SSSR count). The number of nitrogens with zero attached hydrogens (tertiary/aromatic N) is 1. The monoisotopic (exact) mass is 350 g/mol. The first kappa shape index (κ1) is 15.5. The average Bonchev–Trinajstić information content (AvgIpc) is 2.47. The van der Waals surface area contributed by atoms with Gasteiger partial charge in [0.2, 0.25) is 0 Å². The standard InChI is InChI=1S/C15H15BrN2O3/c1-17-15-6-5-14(18(19)20)8-12(15)10-21-9-11-3-2-4-13(16)7-11/h2-8,17H,9-10H2,1H3. The molecule has 0 saturated heterocycles. The van der Waals surface area contributed by atoms with Crippen LogP contribution in [0, 0.1) is 10.1 Å². The molecule has 2 aromatic carbocycles. The maximum Gasteiger partial charge on any atom is 0.269 e. The van der Waals surface area contributed by atoms with Crippen LogP contribution in [0.5, 0.6) is 0 Å². The largest absolute Gasteiger partial charge is 0.388 e. The maximum atomic E-state index is 10.8. The van der Waals surface area contributed by atoms with Crippen LogP contribution >= 0.6 is 15.9 Å². The molecule has 0 fully saturated rings. The third-order valence-electron chi connectivity index (χ3n) is 2.98. The van der Waals surface area contributed by atoms with Gasteiger partial charge in [0.05, 0.1) is 18.1 Å². The highest BCUT2D eigenvalue weighted by atomic mass is 79.9. The van der Waals surface area contributed by atoms with E-state index in [2.05, 4.69) is 21.2 Å². The fourth-order valence-electron chi connectivity index (χ4n) is 1.96. The molecule has 0 heterocycles. The van der Waals surface area contributed by atoms with Gasteiger partial charge in [-0.2, -0.15) is 0 Å². The van der Waals surface area contributed by atoms with Crippen molar-refractivity contribution in [3.05, 3.63) is 68.2 Å². The van der Waals surface area contributed by atoms with E-state index >= 15 is 0 Å². The quantitative estimate of drug-likeness (QED) is 0.628. The number of nitrogens with one attached hydrogen (secondary N) is 1. The summed E-state index contributed by atoms with van der Waals surface area (Å²) in [5.41, 5.74) is 2.70. The predicted molar refractivity (Wildman–Crippen MR) is 85.3 cm³/mol. The van der Waals surface area contributed by atoms with Gasteiger partial charge in [-0.1, -0.05) is 28.1 Å². The van der Waals surface area contributed by atoms with Crippen LogP contribution in [0.1, 0.15) is 11.1 Å². The van der Waals surface area contributed by atoms with Gasteiger partial charge in [-0.3, -0.25) is 10.1 Å². The third-order valence-corrected chi connectivity index (χ3v) is 3.48. The van der Waals surface area contributed by atoms with Gasteiger partial charge < -0.3 is 10.1 Å². The second-order valence-corrected chi connectivity index (χ2v) is 5.39. The molecule has 0 aliphatic heterocycles. The zero-order chi connectivity index (χ0) is 15.2. The van der Waals surface area contributed by atoms with Crippen LogP contribution in [-0.2, 0) is 18.0 Å².